The summed E-state index contributed by atoms with van der Waals surface area (Å²) in [6, 6.07) is 0. The Kier molecular flexibility index (Phi) is 2.62. The van der Waals surface area contributed by atoms with Crippen molar-refractivity contribution in [2.24, 2.45) is 5.41 Å². The predicted molar refractivity (Wildman–Crippen MR) is 37.2 cm³/mol. The summed E-state index contributed by atoms with van der Waals surface area (Å²) in [6.45, 7) is 9.89. The maximum atomic E-state index is 3.83. The van der Waals surface area contributed by atoms with E-state index in [9.17, 15) is 0 Å². The molecule has 0 heterocycles. The van der Waals surface area contributed by atoms with Gasteiger partial charge in [-0.05, 0) is 20.8 Å². The fourth-order valence-electron chi connectivity index (χ4n) is 0.328. The van der Waals surface area contributed by atoms with E-state index in [1.54, 1.807) is 0 Å². The Balaban J connectivity index is 3.69. The molecule has 0 atom stereocenters. The second-order valence-corrected chi connectivity index (χ2v) is 2.54. The highest BCUT2D eigenvalue weighted by Crippen LogP contribution is 2.08. The zero-order chi connectivity index (χ0) is 6.62. The molecule has 0 aliphatic carbocycles. The summed E-state index contributed by atoms with van der Waals surface area (Å²) in [6.07, 6.45) is 0.930. The van der Waals surface area contributed by atoms with Gasteiger partial charge in [-0.25, -0.2) is 0 Å². The average molecular weight is 109 g/mol. The third kappa shape index (κ3) is 5.56. The van der Waals surface area contributed by atoms with Gasteiger partial charge in [-0.1, -0.05) is 12.8 Å². The molecule has 0 saturated carbocycles. The Morgan fingerprint density at radius 1 is 1.50 bits per heavy atom. The largest absolute Gasteiger partial charge is 0.103 e. The van der Waals surface area contributed by atoms with Crippen LogP contribution in [0.25, 0.3) is 0 Å². The Morgan fingerprint density at radius 3 is 2.12 bits per heavy atom. The molecule has 0 aromatic rings. The van der Waals surface area contributed by atoms with Crippen molar-refractivity contribution in [2.45, 2.75) is 27.2 Å². The first-order valence-corrected chi connectivity index (χ1v) is 2.91. The monoisotopic (exact) mass is 109 g/mol. The highest BCUT2D eigenvalue weighted by molar-refractivity contribution is 5.09. The molecule has 8 heavy (non-hydrogen) atoms. The zero-order valence-electron chi connectivity index (χ0n) is 5.91. The van der Waals surface area contributed by atoms with Gasteiger partial charge in [-0.15, -0.1) is 5.92 Å². The topological polar surface area (TPSA) is 0 Å². The quantitative estimate of drug-likeness (QED) is 0.418. The lowest BCUT2D eigenvalue weighted by atomic mass is 9.98. The molecule has 45 valence electrons. The van der Waals surface area contributed by atoms with E-state index in [0.717, 1.165) is 6.42 Å². The normalized spacial score (nSPS) is 10.0. The van der Waals surface area contributed by atoms with Crippen LogP contribution in [0.1, 0.15) is 27.2 Å². The van der Waals surface area contributed by atoms with Crippen molar-refractivity contribution >= 4 is 0 Å². The van der Waals surface area contributed by atoms with Gasteiger partial charge in [-0.3, -0.25) is 0 Å². The Bertz CT molecular complexity index is 104. The predicted octanol–water partition coefficient (Wildman–Crippen LogP) is 2.26. The van der Waals surface area contributed by atoms with Gasteiger partial charge in [0.1, 0.15) is 0 Å². The van der Waals surface area contributed by atoms with Crippen LogP contribution in [-0.2, 0) is 0 Å². The molecular weight excluding hydrogens is 96.1 g/mol. The highest BCUT2D eigenvalue weighted by Gasteiger charge is 2.02. The minimum absolute atomic E-state index is 0.0595. The molecule has 1 radical (unpaired) electrons. The molecule has 0 fully saturated rings. The van der Waals surface area contributed by atoms with E-state index in [0.29, 0.717) is 0 Å². The van der Waals surface area contributed by atoms with Gasteiger partial charge in [0.25, 0.3) is 0 Å². The molecule has 0 aliphatic rings. The lowest BCUT2D eigenvalue weighted by Gasteiger charge is -2.05. The molecule has 0 amide bonds. The van der Waals surface area contributed by atoms with Crippen molar-refractivity contribution in [3.63, 3.8) is 0 Å². The van der Waals surface area contributed by atoms with Crippen LogP contribution in [0.5, 0.6) is 0 Å². The van der Waals surface area contributed by atoms with E-state index in [1.807, 2.05) is 20.8 Å². The third-order valence-corrected chi connectivity index (χ3v) is 0.604. The summed E-state index contributed by atoms with van der Waals surface area (Å²) in [7, 11) is 0. The smallest absolute Gasteiger partial charge is 0.0259 e. The second kappa shape index (κ2) is 2.77. The van der Waals surface area contributed by atoms with Crippen LogP contribution in [0.15, 0.2) is 0 Å². The lowest BCUT2D eigenvalue weighted by Crippen LogP contribution is -1.99. The summed E-state index contributed by atoms with van der Waals surface area (Å²) in [5.74, 6) is 5.99. The first-order valence-electron chi connectivity index (χ1n) is 2.91. The first-order chi connectivity index (χ1) is 3.56. The minimum Gasteiger partial charge on any atom is -0.103 e. The maximum Gasteiger partial charge on any atom is 0.0259 e. The lowest BCUT2D eigenvalue weighted by molar-refractivity contribution is 0.649. The van der Waals surface area contributed by atoms with E-state index >= 15 is 0 Å². The van der Waals surface area contributed by atoms with E-state index in [4.69, 9.17) is 0 Å². The van der Waals surface area contributed by atoms with Crippen molar-refractivity contribution in [3.05, 3.63) is 6.92 Å². The fourth-order valence-corrected chi connectivity index (χ4v) is 0.328. The van der Waals surface area contributed by atoms with E-state index < -0.39 is 0 Å². The van der Waals surface area contributed by atoms with Crippen LogP contribution in [0, 0.1) is 24.2 Å². The Labute approximate surface area is 52.3 Å². The van der Waals surface area contributed by atoms with Gasteiger partial charge in [0.2, 0.25) is 0 Å². The number of hydrogen-bond donors (Lipinski definition) is 0. The van der Waals surface area contributed by atoms with Gasteiger partial charge in [-0.2, -0.15) is 0 Å². The van der Waals surface area contributed by atoms with Crippen molar-refractivity contribution in [3.8, 4) is 11.8 Å². The second-order valence-electron chi connectivity index (χ2n) is 2.54. The van der Waals surface area contributed by atoms with Crippen molar-refractivity contribution in [1.29, 1.82) is 0 Å². The molecule has 0 heteroatoms. The zero-order valence-corrected chi connectivity index (χ0v) is 5.91. The van der Waals surface area contributed by atoms with Crippen LogP contribution >= 0.6 is 0 Å². The molecule has 0 rings (SSSR count). The van der Waals surface area contributed by atoms with Crippen LogP contribution < -0.4 is 0 Å². The highest BCUT2D eigenvalue weighted by atomic mass is 14.0. The third-order valence-electron chi connectivity index (χ3n) is 0.604. The average Bonchev–Trinajstić information content (AvgIpc) is 1.59. The molecule has 0 saturated heterocycles. The molecule has 0 aliphatic heterocycles. The molecule has 0 N–H and O–H groups in total. The van der Waals surface area contributed by atoms with Gasteiger partial charge < -0.3 is 0 Å². The van der Waals surface area contributed by atoms with Crippen molar-refractivity contribution in [1.82, 2.24) is 0 Å². The first kappa shape index (κ1) is 7.56. The molecule has 0 spiro atoms. The SMILES string of the molecule is [CH2]C(C)(C)C#CCC. The molecule has 0 aromatic carbocycles. The molecule has 0 bridgehead atoms. The standard InChI is InChI=1S/C8H13/c1-5-6-7-8(2,3)4/h2,5H2,1,3-4H3. The molecule has 0 aromatic heterocycles. The van der Waals surface area contributed by atoms with Gasteiger partial charge in [0, 0.05) is 11.8 Å². The summed E-state index contributed by atoms with van der Waals surface area (Å²) in [5.41, 5.74) is -0.0595. The van der Waals surface area contributed by atoms with Crippen LogP contribution in [0.4, 0.5) is 0 Å². The van der Waals surface area contributed by atoms with Crippen molar-refractivity contribution in [2.75, 3.05) is 0 Å². The molecular formula is C8H13. The van der Waals surface area contributed by atoms with E-state index in [2.05, 4.69) is 18.8 Å². The number of rotatable bonds is 0. The van der Waals surface area contributed by atoms with Crippen LogP contribution in [0.2, 0.25) is 0 Å². The Morgan fingerprint density at radius 2 is 2.00 bits per heavy atom. The molecule has 0 nitrogen and oxygen atoms in total. The van der Waals surface area contributed by atoms with Gasteiger partial charge in [0.05, 0.1) is 0 Å². The fraction of sp³-hybridized carbons (Fsp3) is 0.625. The van der Waals surface area contributed by atoms with E-state index in [1.165, 1.54) is 0 Å². The van der Waals surface area contributed by atoms with Gasteiger partial charge >= 0.3 is 0 Å². The van der Waals surface area contributed by atoms with E-state index in [-0.39, 0.29) is 5.41 Å². The summed E-state index contributed by atoms with van der Waals surface area (Å²) in [5, 5.41) is 0. The van der Waals surface area contributed by atoms with Gasteiger partial charge in [0.15, 0.2) is 0 Å². The van der Waals surface area contributed by atoms with Crippen LogP contribution in [-0.4, -0.2) is 0 Å². The molecule has 0 unspecified atom stereocenters. The maximum absolute atomic E-state index is 3.83. The summed E-state index contributed by atoms with van der Waals surface area (Å²) < 4.78 is 0. The number of hydrogen-bond acceptors (Lipinski definition) is 0. The van der Waals surface area contributed by atoms with Crippen molar-refractivity contribution < 1.29 is 0 Å². The summed E-state index contributed by atoms with van der Waals surface area (Å²) in [4.78, 5) is 0. The van der Waals surface area contributed by atoms with Crippen LogP contribution in [0.3, 0.4) is 0 Å². The minimum atomic E-state index is -0.0595. The Hall–Kier alpha value is -0.440. The summed E-state index contributed by atoms with van der Waals surface area (Å²) >= 11 is 0.